The van der Waals surface area contributed by atoms with Crippen molar-refractivity contribution in [1.29, 1.82) is 0 Å². The maximum Gasteiger partial charge on any atom is 0.182 e. The Labute approximate surface area is 81.6 Å². The summed E-state index contributed by atoms with van der Waals surface area (Å²) < 4.78 is 2.11. The summed E-state index contributed by atoms with van der Waals surface area (Å²) in [5, 5.41) is 8.03. The highest BCUT2D eigenvalue weighted by Crippen LogP contribution is 2.36. The normalized spacial score (nSPS) is 15.7. The first-order chi connectivity index (χ1) is 6.95. The molecular formula is C10H10N4. The van der Waals surface area contributed by atoms with E-state index in [-0.39, 0.29) is 0 Å². The molecule has 1 fully saturated rings. The minimum atomic E-state index is 0.599. The topological polar surface area (TPSA) is 43.6 Å². The molecule has 2 aromatic rings. The number of pyridine rings is 1. The first kappa shape index (κ1) is 7.67. The Morgan fingerprint density at radius 1 is 1.29 bits per heavy atom. The summed E-state index contributed by atoms with van der Waals surface area (Å²) in [5.74, 6) is 0.883. The molecule has 2 aromatic heterocycles. The van der Waals surface area contributed by atoms with Gasteiger partial charge in [-0.2, -0.15) is 0 Å². The highest BCUT2D eigenvalue weighted by atomic mass is 15.3. The second kappa shape index (κ2) is 2.90. The fourth-order valence-corrected chi connectivity index (χ4v) is 1.54. The molecule has 70 valence electrons. The molecule has 0 radical (unpaired) electrons. The fourth-order valence-electron chi connectivity index (χ4n) is 1.54. The SMILES string of the molecule is c1ccc(-c2nncn2C2CC2)nc1. The van der Waals surface area contributed by atoms with E-state index in [0.29, 0.717) is 6.04 Å². The van der Waals surface area contributed by atoms with E-state index in [1.54, 1.807) is 12.5 Å². The maximum atomic E-state index is 4.27. The number of hydrogen-bond acceptors (Lipinski definition) is 3. The second-order valence-corrected chi connectivity index (χ2v) is 3.51. The quantitative estimate of drug-likeness (QED) is 0.716. The largest absolute Gasteiger partial charge is 0.309 e. The van der Waals surface area contributed by atoms with E-state index in [2.05, 4.69) is 19.7 Å². The number of hydrogen-bond donors (Lipinski definition) is 0. The van der Waals surface area contributed by atoms with Gasteiger partial charge in [0.15, 0.2) is 5.82 Å². The average Bonchev–Trinajstić information content (AvgIpc) is 2.98. The van der Waals surface area contributed by atoms with Gasteiger partial charge in [0.1, 0.15) is 12.0 Å². The smallest absolute Gasteiger partial charge is 0.182 e. The molecule has 0 aliphatic heterocycles. The monoisotopic (exact) mass is 186 g/mol. The van der Waals surface area contributed by atoms with Gasteiger partial charge in [-0.3, -0.25) is 4.98 Å². The number of aromatic nitrogens is 4. The van der Waals surface area contributed by atoms with Crippen LogP contribution < -0.4 is 0 Å². The molecule has 0 unspecified atom stereocenters. The average molecular weight is 186 g/mol. The summed E-state index contributed by atoms with van der Waals surface area (Å²) in [6.45, 7) is 0. The van der Waals surface area contributed by atoms with Crippen molar-refractivity contribution in [1.82, 2.24) is 19.7 Å². The van der Waals surface area contributed by atoms with Crippen molar-refractivity contribution in [2.75, 3.05) is 0 Å². The van der Waals surface area contributed by atoms with Gasteiger partial charge in [-0.25, -0.2) is 0 Å². The van der Waals surface area contributed by atoms with Crippen molar-refractivity contribution < 1.29 is 0 Å². The first-order valence-corrected chi connectivity index (χ1v) is 4.76. The summed E-state index contributed by atoms with van der Waals surface area (Å²) in [7, 11) is 0. The van der Waals surface area contributed by atoms with Gasteiger partial charge in [-0.15, -0.1) is 10.2 Å². The third-order valence-corrected chi connectivity index (χ3v) is 2.41. The Kier molecular flexibility index (Phi) is 1.59. The minimum Gasteiger partial charge on any atom is -0.309 e. The van der Waals surface area contributed by atoms with Gasteiger partial charge in [0.05, 0.1) is 0 Å². The van der Waals surface area contributed by atoms with Gasteiger partial charge in [-0.05, 0) is 25.0 Å². The number of rotatable bonds is 2. The van der Waals surface area contributed by atoms with Crippen LogP contribution in [-0.2, 0) is 0 Å². The second-order valence-electron chi connectivity index (χ2n) is 3.51. The first-order valence-electron chi connectivity index (χ1n) is 4.76. The molecule has 0 amide bonds. The van der Waals surface area contributed by atoms with Crippen molar-refractivity contribution in [3.05, 3.63) is 30.7 Å². The van der Waals surface area contributed by atoms with Crippen molar-refractivity contribution in [3.8, 4) is 11.5 Å². The molecule has 14 heavy (non-hydrogen) atoms. The van der Waals surface area contributed by atoms with E-state index < -0.39 is 0 Å². The summed E-state index contributed by atoms with van der Waals surface area (Å²) in [5.41, 5.74) is 0.900. The molecule has 0 atom stereocenters. The molecule has 0 N–H and O–H groups in total. The third kappa shape index (κ3) is 1.19. The molecule has 2 heterocycles. The van der Waals surface area contributed by atoms with E-state index in [0.717, 1.165) is 11.5 Å². The Morgan fingerprint density at radius 3 is 2.93 bits per heavy atom. The lowest BCUT2D eigenvalue weighted by Gasteiger charge is -2.02. The molecule has 0 aromatic carbocycles. The van der Waals surface area contributed by atoms with Crippen LogP contribution in [0.1, 0.15) is 18.9 Å². The molecule has 0 saturated heterocycles. The highest BCUT2D eigenvalue weighted by molar-refractivity contribution is 5.48. The van der Waals surface area contributed by atoms with Crippen LogP contribution in [-0.4, -0.2) is 19.7 Å². The molecule has 0 bridgehead atoms. The fraction of sp³-hybridized carbons (Fsp3) is 0.300. The van der Waals surface area contributed by atoms with Gasteiger partial charge >= 0.3 is 0 Å². The van der Waals surface area contributed by atoms with Crippen molar-refractivity contribution in [3.63, 3.8) is 0 Å². The summed E-state index contributed by atoms with van der Waals surface area (Å²) in [6, 6.07) is 6.43. The van der Waals surface area contributed by atoms with E-state index >= 15 is 0 Å². The Morgan fingerprint density at radius 2 is 2.21 bits per heavy atom. The van der Waals surface area contributed by atoms with Crippen LogP contribution in [0.2, 0.25) is 0 Å². The molecule has 4 heteroatoms. The zero-order valence-electron chi connectivity index (χ0n) is 7.67. The Bertz CT molecular complexity index is 430. The van der Waals surface area contributed by atoms with Gasteiger partial charge in [0.2, 0.25) is 0 Å². The van der Waals surface area contributed by atoms with Crippen molar-refractivity contribution >= 4 is 0 Å². The number of nitrogens with zero attached hydrogens (tertiary/aromatic N) is 4. The van der Waals surface area contributed by atoms with Crippen LogP contribution in [0, 0.1) is 0 Å². The van der Waals surface area contributed by atoms with Gasteiger partial charge < -0.3 is 4.57 Å². The van der Waals surface area contributed by atoms with Gasteiger partial charge in [0, 0.05) is 12.2 Å². The summed E-state index contributed by atoms with van der Waals surface area (Å²) in [6.07, 6.45) is 6.04. The van der Waals surface area contributed by atoms with Gasteiger partial charge in [0.25, 0.3) is 0 Å². The molecule has 4 nitrogen and oxygen atoms in total. The molecule has 1 aliphatic rings. The maximum absolute atomic E-state index is 4.27. The highest BCUT2D eigenvalue weighted by Gasteiger charge is 2.26. The third-order valence-electron chi connectivity index (χ3n) is 2.41. The van der Waals surface area contributed by atoms with Crippen LogP contribution in [0.5, 0.6) is 0 Å². The Balaban J connectivity index is 2.07. The van der Waals surface area contributed by atoms with Crippen LogP contribution in [0.4, 0.5) is 0 Å². The minimum absolute atomic E-state index is 0.599. The lowest BCUT2D eigenvalue weighted by molar-refractivity contribution is 0.744. The van der Waals surface area contributed by atoms with E-state index in [1.165, 1.54) is 12.8 Å². The summed E-state index contributed by atoms with van der Waals surface area (Å²) >= 11 is 0. The predicted molar refractivity (Wildman–Crippen MR) is 51.5 cm³/mol. The molecule has 3 rings (SSSR count). The lowest BCUT2D eigenvalue weighted by atomic mass is 10.3. The van der Waals surface area contributed by atoms with E-state index in [4.69, 9.17) is 0 Å². The Hall–Kier alpha value is -1.71. The standard InChI is InChI=1S/C10H10N4/c1-2-6-11-9(3-1)10-13-12-7-14(10)8-4-5-8/h1-3,6-8H,4-5H2. The molecule has 1 saturated carbocycles. The van der Waals surface area contributed by atoms with Crippen LogP contribution in [0.25, 0.3) is 11.5 Å². The van der Waals surface area contributed by atoms with Crippen molar-refractivity contribution in [2.45, 2.75) is 18.9 Å². The lowest BCUT2D eigenvalue weighted by Crippen LogP contribution is -1.96. The van der Waals surface area contributed by atoms with Crippen molar-refractivity contribution in [2.24, 2.45) is 0 Å². The van der Waals surface area contributed by atoms with Crippen LogP contribution in [0.3, 0.4) is 0 Å². The predicted octanol–water partition coefficient (Wildman–Crippen LogP) is 1.67. The molecule has 1 aliphatic carbocycles. The van der Waals surface area contributed by atoms with Crippen LogP contribution >= 0.6 is 0 Å². The van der Waals surface area contributed by atoms with E-state index in [9.17, 15) is 0 Å². The zero-order chi connectivity index (χ0) is 9.38. The van der Waals surface area contributed by atoms with Crippen LogP contribution in [0.15, 0.2) is 30.7 Å². The van der Waals surface area contributed by atoms with E-state index in [1.807, 2.05) is 18.2 Å². The molecular weight excluding hydrogens is 176 g/mol. The van der Waals surface area contributed by atoms with Gasteiger partial charge in [-0.1, -0.05) is 6.07 Å². The summed E-state index contributed by atoms with van der Waals surface area (Å²) in [4.78, 5) is 4.27. The zero-order valence-corrected chi connectivity index (χ0v) is 7.67. The molecule has 0 spiro atoms.